The molecular weight excluding hydrogens is 394 g/mol. The topological polar surface area (TPSA) is 93.8 Å². The van der Waals surface area contributed by atoms with Crippen LogP contribution in [0.3, 0.4) is 0 Å². The number of carbonyl (C=O) groups is 1. The number of amides is 1. The molecule has 3 rings (SSSR count). The Morgan fingerprint density at radius 1 is 1.03 bits per heavy atom. The van der Waals surface area contributed by atoms with Crippen LogP contribution in [-0.2, 0) is 4.79 Å². The summed E-state index contributed by atoms with van der Waals surface area (Å²) in [5.41, 5.74) is 5.12. The van der Waals surface area contributed by atoms with E-state index in [0.29, 0.717) is 17.9 Å². The first kappa shape index (κ1) is 21.7. The number of carbonyl (C=O) groups excluding carboxylic acids is 1. The number of nitro benzene ring substituents is 1. The highest BCUT2D eigenvalue weighted by molar-refractivity contribution is 6.00. The number of nitrogens with zero attached hydrogens (tertiary/aromatic N) is 2. The molecule has 3 aromatic rings. The number of ether oxygens (including phenoxy) is 1. The molecule has 0 aliphatic heterocycles. The molecule has 1 N–H and O–H groups in total. The quantitative estimate of drug-likeness (QED) is 0.327. The van der Waals surface area contributed by atoms with Crippen molar-refractivity contribution in [1.82, 2.24) is 5.43 Å². The Morgan fingerprint density at radius 2 is 1.61 bits per heavy atom. The van der Waals surface area contributed by atoms with Gasteiger partial charge in [-0.05, 0) is 37.1 Å². The number of rotatable bonds is 8. The monoisotopic (exact) mass is 417 g/mol. The van der Waals surface area contributed by atoms with Crippen molar-refractivity contribution in [1.29, 1.82) is 0 Å². The largest absolute Gasteiger partial charge is 0.487 e. The fourth-order valence-corrected chi connectivity index (χ4v) is 3.22. The molecule has 0 bridgehead atoms. The van der Waals surface area contributed by atoms with Crippen molar-refractivity contribution < 1.29 is 14.5 Å². The van der Waals surface area contributed by atoms with Crippen molar-refractivity contribution in [3.63, 3.8) is 0 Å². The third-order valence-electron chi connectivity index (χ3n) is 4.74. The van der Waals surface area contributed by atoms with Crippen LogP contribution in [0.2, 0.25) is 0 Å². The molecule has 1 amide bonds. The molecule has 7 nitrogen and oxygen atoms in total. The Labute approximate surface area is 180 Å². The Bertz CT molecular complexity index is 1040. The van der Waals surface area contributed by atoms with E-state index in [1.165, 1.54) is 12.1 Å². The van der Waals surface area contributed by atoms with E-state index >= 15 is 0 Å². The average Bonchev–Trinajstić information content (AvgIpc) is 2.79. The molecule has 0 saturated carbocycles. The molecule has 0 aliphatic rings. The van der Waals surface area contributed by atoms with Gasteiger partial charge in [0.15, 0.2) is 5.75 Å². The molecule has 0 aromatic heterocycles. The van der Waals surface area contributed by atoms with Gasteiger partial charge in [0.2, 0.25) is 0 Å². The molecule has 0 spiro atoms. The molecule has 0 unspecified atom stereocenters. The first-order valence-corrected chi connectivity index (χ1v) is 9.87. The van der Waals surface area contributed by atoms with Gasteiger partial charge in [0.05, 0.1) is 23.2 Å². The van der Waals surface area contributed by atoms with Gasteiger partial charge in [-0.1, -0.05) is 60.7 Å². The van der Waals surface area contributed by atoms with Crippen molar-refractivity contribution in [2.45, 2.75) is 19.8 Å². The third-order valence-corrected chi connectivity index (χ3v) is 4.74. The summed E-state index contributed by atoms with van der Waals surface area (Å²) in [7, 11) is 0. The lowest BCUT2D eigenvalue weighted by Crippen LogP contribution is -2.27. The second kappa shape index (κ2) is 10.2. The van der Waals surface area contributed by atoms with Crippen molar-refractivity contribution >= 4 is 17.3 Å². The van der Waals surface area contributed by atoms with E-state index in [2.05, 4.69) is 10.5 Å². The zero-order valence-electron chi connectivity index (χ0n) is 17.3. The molecule has 0 fully saturated rings. The minimum absolute atomic E-state index is 0.147. The maximum Gasteiger partial charge on any atom is 0.311 e. The molecular formula is C24H23N3O4. The molecule has 158 valence electrons. The fourth-order valence-electron chi connectivity index (χ4n) is 3.22. The normalized spacial score (nSPS) is 11.3. The summed E-state index contributed by atoms with van der Waals surface area (Å²) in [5, 5.41) is 15.6. The van der Waals surface area contributed by atoms with Gasteiger partial charge >= 0.3 is 5.69 Å². The van der Waals surface area contributed by atoms with E-state index in [9.17, 15) is 14.9 Å². The lowest BCUT2D eigenvalue weighted by atomic mass is 9.91. The summed E-state index contributed by atoms with van der Waals surface area (Å²) in [6, 6.07) is 23.5. The number of hydrogen-bond donors (Lipinski definition) is 1. The van der Waals surface area contributed by atoms with E-state index in [-0.39, 0.29) is 17.3 Å². The first-order valence-electron chi connectivity index (χ1n) is 9.87. The van der Waals surface area contributed by atoms with Gasteiger partial charge in [0.25, 0.3) is 5.91 Å². The number of nitrogens with one attached hydrogen (secondary N) is 1. The third kappa shape index (κ3) is 5.33. The zero-order valence-corrected chi connectivity index (χ0v) is 17.3. The van der Waals surface area contributed by atoms with Gasteiger partial charge in [0, 0.05) is 11.6 Å². The molecule has 0 aliphatic carbocycles. The number of nitro groups is 1. The van der Waals surface area contributed by atoms with E-state index in [4.69, 9.17) is 4.74 Å². The lowest BCUT2D eigenvalue weighted by Gasteiger charge is -2.16. The van der Waals surface area contributed by atoms with Crippen LogP contribution in [0.1, 0.15) is 36.5 Å². The maximum atomic E-state index is 13.0. The summed E-state index contributed by atoms with van der Waals surface area (Å²) < 4.78 is 5.31. The van der Waals surface area contributed by atoms with Crippen LogP contribution in [0.15, 0.2) is 84.0 Å². The molecule has 0 heterocycles. The minimum Gasteiger partial charge on any atom is -0.487 e. The van der Waals surface area contributed by atoms with E-state index in [1.807, 2.05) is 60.7 Å². The maximum absolute atomic E-state index is 13.0. The van der Waals surface area contributed by atoms with Crippen molar-refractivity contribution in [3.8, 4) is 5.75 Å². The molecule has 31 heavy (non-hydrogen) atoms. The van der Waals surface area contributed by atoms with Gasteiger partial charge in [-0.25, -0.2) is 5.43 Å². The summed E-state index contributed by atoms with van der Waals surface area (Å²) in [6.07, 6.45) is 0. The summed E-state index contributed by atoms with van der Waals surface area (Å²) in [4.78, 5) is 23.9. The molecule has 3 aromatic carbocycles. The Morgan fingerprint density at radius 3 is 2.13 bits per heavy atom. The number of benzene rings is 3. The van der Waals surface area contributed by atoms with Gasteiger partial charge < -0.3 is 4.74 Å². The van der Waals surface area contributed by atoms with Crippen molar-refractivity contribution in [2.75, 3.05) is 6.61 Å². The highest BCUT2D eigenvalue weighted by atomic mass is 16.6. The van der Waals surface area contributed by atoms with Crippen LogP contribution in [0.25, 0.3) is 0 Å². The van der Waals surface area contributed by atoms with Gasteiger partial charge in [-0.3, -0.25) is 14.9 Å². The van der Waals surface area contributed by atoms with Gasteiger partial charge in [-0.2, -0.15) is 5.10 Å². The highest BCUT2D eigenvalue weighted by Crippen LogP contribution is 2.28. The predicted molar refractivity (Wildman–Crippen MR) is 119 cm³/mol. The first-order chi connectivity index (χ1) is 15.0. The van der Waals surface area contributed by atoms with Crippen LogP contribution < -0.4 is 10.2 Å². The van der Waals surface area contributed by atoms with Crippen LogP contribution in [0.5, 0.6) is 5.75 Å². The summed E-state index contributed by atoms with van der Waals surface area (Å²) in [6.45, 7) is 3.76. The van der Waals surface area contributed by atoms with Crippen molar-refractivity contribution in [3.05, 3.63) is 106 Å². The SMILES string of the molecule is CCOc1ccc(/C(C)=N\NC(=O)C(c2ccccc2)c2ccccc2)cc1[N+](=O)[O-]. The van der Waals surface area contributed by atoms with E-state index in [0.717, 1.165) is 11.1 Å². The van der Waals surface area contributed by atoms with Gasteiger partial charge in [-0.15, -0.1) is 0 Å². The smallest absolute Gasteiger partial charge is 0.311 e. The standard InChI is InChI=1S/C24H23N3O4/c1-3-31-22-15-14-20(16-21(22)27(29)30)17(2)25-26-24(28)23(18-10-6-4-7-11-18)19-12-8-5-9-13-19/h4-16,23H,3H2,1-2H3,(H,26,28)/b25-17-. The lowest BCUT2D eigenvalue weighted by molar-refractivity contribution is -0.385. The summed E-state index contributed by atoms with van der Waals surface area (Å²) >= 11 is 0. The Kier molecular flexibility index (Phi) is 7.11. The van der Waals surface area contributed by atoms with Crippen LogP contribution >= 0.6 is 0 Å². The fraction of sp³-hybridized carbons (Fsp3) is 0.167. The minimum atomic E-state index is -0.534. The van der Waals surface area contributed by atoms with Gasteiger partial charge in [0.1, 0.15) is 0 Å². The highest BCUT2D eigenvalue weighted by Gasteiger charge is 2.22. The Balaban J connectivity index is 1.86. The van der Waals surface area contributed by atoms with Crippen LogP contribution in [0, 0.1) is 10.1 Å². The summed E-state index contributed by atoms with van der Waals surface area (Å²) in [5.74, 6) is -0.632. The second-order valence-corrected chi connectivity index (χ2v) is 6.80. The van der Waals surface area contributed by atoms with Crippen LogP contribution in [0.4, 0.5) is 5.69 Å². The number of hydrazone groups is 1. The molecule has 0 radical (unpaired) electrons. The molecule has 0 atom stereocenters. The second-order valence-electron chi connectivity index (χ2n) is 6.80. The Hall–Kier alpha value is -4.00. The number of hydrogen-bond acceptors (Lipinski definition) is 5. The molecule has 0 saturated heterocycles. The predicted octanol–water partition coefficient (Wildman–Crippen LogP) is 4.67. The van der Waals surface area contributed by atoms with Crippen molar-refractivity contribution in [2.24, 2.45) is 5.10 Å². The molecule has 7 heteroatoms. The van der Waals surface area contributed by atoms with E-state index < -0.39 is 10.8 Å². The van der Waals surface area contributed by atoms with Crippen LogP contribution in [-0.4, -0.2) is 23.1 Å². The van der Waals surface area contributed by atoms with E-state index in [1.54, 1.807) is 19.9 Å². The average molecular weight is 417 g/mol. The zero-order chi connectivity index (χ0) is 22.2.